The molecule has 1 aliphatic rings. The van der Waals surface area contributed by atoms with Crippen molar-refractivity contribution in [1.29, 1.82) is 0 Å². The Kier molecular flexibility index (Phi) is 6.49. The van der Waals surface area contributed by atoms with Crippen molar-refractivity contribution >= 4 is 0 Å². The molecule has 22 heavy (non-hydrogen) atoms. The summed E-state index contributed by atoms with van der Waals surface area (Å²) in [5.41, 5.74) is 1.92. The summed E-state index contributed by atoms with van der Waals surface area (Å²) in [6.45, 7) is 5.10. The lowest BCUT2D eigenvalue weighted by Crippen LogP contribution is -2.35. The van der Waals surface area contributed by atoms with Gasteiger partial charge in [0, 0.05) is 25.2 Å². The number of aryl methyl sites for hydroxylation is 1. The number of phenols is 1. The molecule has 1 heterocycles. The number of morpholine rings is 1. The van der Waals surface area contributed by atoms with Gasteiger partial charge in [-0.1, -0.05) is 0 Å². The summed E-state index contributed by atoms with van der Waals surface area (Å²) in [4.78, 5) is 4.47. The van der Waals surface area contributed by atoms with Crippen molar-refractivity contribution < 1.29 is 14.6 Å². The molecule has 1 N–H and O–H groups in total. The third-order valence-corrected chi connectivity index (χ3v) is 4.03. The minimum Gasteiger partial charge on any atom is -0.507 e. The molecule has 5 heteroatoms. The van der Waals surface area contributed by atoms with E-state index < -0.39 is 0 Å². The largest absolute Gasteiger partial charge is 0.507 e. The third kappa shape index (κ3) is 4.87. The molecule has 1 aliphatic heterocycles. The van der Waals surface area contributed by atoms with Crippen LogP contribution in [0.1, 0.15) is 17.5 Å². The van der Waals surface area contributed by atoms with Gasteiger partial charge in [0.05, 0.1) is 20.3 Å². The molecule has 0 aliphatic carbocycles. The van der Waals surface area contributed by atoms with Gasteiger partial charge in [0.2, 0.25) is 0 Å². The van der Waals surface area contributed by atoms with Crippen LogP contribution in [0.25, 0.3) is 0 Å². The first-order chi connectivity index (χ1) is 10.6. The minimum atomic E-state index is 0.422. The van der Waals surface area contributed by atoms with Crippen molar-refractivity contribution in [3.63, 3.8) is 0 Å². The highest BCUT2D eigenvalue weighted by Crippen LogP contribution is 2.30. The van der Waals surface area contributed by atoms with Gasteiger partial charge in [-0.25, -0.2) is 0 Å². The van der Waals surface area contributed by atoms with Crippen molar-refractivity contribution in [1.82, 2.24) is 9.80 Å². The van der Waals surface area contributed by atoms with Crippen LogP contribution in [0.3, 0.4) is 0 Å². The van der Waals surface area contributed by atoms with Crippen LogP contribution in [0.4, 0.5) is 0 Å². The predicted molar refractivity (Wildman–Crippen MR) is 87.6 cm³/mol. The summed E-state index contributed by atoms with van der Waals surface area (Å²) in [5, 5.41) is 10.6. The molecule has 1 saturated heterocycles. The summed E-state index contributed by atoms with van der Waals surface area (Å²) >= 11 is 0. The van der Waals surface area contributed by atoms with E-state index in [1.165, 1.54) is 0 Å². The van der Waals surface area contributed by atoms with E-state index in [1.54, 1.807) is 7.11 Å². The highest BCUT2D eigenvalue weighted by Gasteiger charge is 2.16. The number of rotatable bonds is 7. The van der Waals surface area contributed by atoms with E-state index in [1.807, 2.05) is 12.1 Å². The fourth-order valence-corrected chi connectivity index (χ4v) is 2.74. The number of nitrogens with zero attached hydrogens (tertiary/aromatic N) is 2. The number of phenolic OH excluding ortho intramolecular Hbond substituents is 1. The SMILES string of the molecule is COc1cc(CCCN(C)C)c(O)c(CN2CCOCC2)c1. The van der Waals surface area contributed by atoms with E-state index in [4.69, 9.17) is 9.47 Å². The molecule has 0 amide bonds. The molecule has 5 nitrogen and oxygen atoms in total. The molecule has 124 valence electrons. The minimum absolute atomic E-state index is 0.422. The van der Waals surface area contributed by atoms with Crippen LogP contribution >= 0.6 is 0 Å². The maximum Gasteiger partial charge on any atom is 0.123 e. The summed E-state index contributed by atoms with van der Waals surface area (Å²) in [5.74, 6) is 1.24. The van der Waals surface area contributed by atoms with E-state index in [0.717, 1.165) is 69.1 Å². The van der Waals surface area contributed by atoms with E-state index >= 15 is 0 Å². The van der Waals surface area contributed by atoms with Gasteiger partial charge in [0.1, 0.15) is 11.5 Å². The van der Waals surface area contributed by atoms with Gasteiger partial charge in [-0.2, -0.15) is 0 Å². The molecule has 0 aromatic heterocycles. The standard InChI is InChI=1S/C17H28N2O3/c1-18(2)6-4-5-14-11-16(21-3)12-15(17(14)20)13-19-7-9-22-10-8-19/h11-12,20H,4-10,13H2,1-3H3. The highest BCUT2D eigenvalue weighted by molar-refractivity contribution is 5.46. The van der Waals surface area contributed by atoms with Crippen LogP contribution in [-0.2, 0) is 17.7 Å². The first kappa shape index (κ1) is 17.1. The van der Waals surface area contributed by atoms with Crippen molar-refractivity contribution in [2.75, 3.05) is 54.1 Å². The number of aromatic hydroxyl groups is 1. The zero-order valence-electron chi connectivity index (χ0n) is 14.0. The van der Waals surface area contributed by atoms with E-state index in [9.17, 15) is 5.11 Å². The van der Waals surface area contributed by atoms with Gasteiger partial charge in [0.25, 0.3) is 0 Å². The van der Waals surface area contributed by atoms with Gasteiger partial charge >= 0.3 is 0 Å². The third-order valence-electron chi connectivity index (χ3n) is 4.03. The van der Waals surface area contributed by atoms with Crippen LogP contribution < -0.4 is 4.74 Å². The average Bonchev–Trinajstić information content (AvgIpc) is 2.51. The fourth-order valence-electron chi connectivity index (χ4n) is 2.74. The van der Waals surface area contributed by atoms with Gasteiger partial charge in [0.15, 0.2) is 0 Å². The monoisotopic (exact) mass is 308 g/mol. The Morgan fingerprint density at radius 2 is 1.91 bits per heavy atom. The quantitative estimate of drug-likeness (QED) is 0.831. The Morgan fingerprint density at radius 1 is 1.23 bits per heavy atom. The number of methoxy groups -OCH3 is 1. The highest BCUT2D eigenvalue weighted by atomic mass is 16.5. The van der Waals surface area contributed by atoms with Crippen molar-refractivity contribution in [2.45, 2.75) is 19.4 Å². The normalized spacial score (nSPS) is 16.2. The predicted octanol–water partition coefficient (Wildman–Crippen LogP) is 1.73. The fraction of sp³-hybridized carbons (Fsp3) is 0.647. The maximum absolute atomic E-state index is 10.6. The number of benzene rings is 1. The molecule has 0 bridgehead atoms. The molecule has 0 spiro atoms. The summed E-state index contributed by atoms with van der Waals surface area (Å²) < 4.78 is 10.8. The number of hydrogen-bond donors (Lipinski definition) is 1. The average molecular weight is 308 g/mol. The van der Waals surface area contributed by atoms with Gasteiger partial charge in [-0.05, 0) is 51.2 Å². The summed E-state index contributed by atoms with van der Waals surface area (Å²) in [6.07, 6.45) is 1.88. The first-order valence-corrected chi connectivity index (χ1v) is 7.93. The lowest BCUT2D eigenvalue weighted by atomic mass is 10.0. The van der Waals surface area contributed by atoms with Crippen LogP contribution in [0, 0.1) is 0 Å². The summed E-state index contributed by atoms with van der Waals surface area (Å²) in [7, 11) is 5.80. The van der Waals surface area contributed by atoms with Crippen molar-refractivity contribution in [3.05, 3.63) is 23.3 Å². The van der Waals surface area contributed by atoms with Crippen LogP contribution in [0.5, 0.6) is 11.5 Å². The lowest BCUT2D eigenvalue weighted by Gasteiger charge is -2.27. The Bertz CT molecular complexity index is 471. The Balaban J connectivity index is 2.10. The molecule has 2 rings (SSSR count). The number of ether oxygens (including phenoxy) is 2. The van der Waals surface area contributed by atoms with Gasteiger partial charge in [-0.3, -0.25) is 4.90 Å². The molecular weight excluding hydrogens is 280 g/mol. The molecule has 1 fully saturated rings. The molecule has 0 saturated carbocycles. The Labute approximate surface area is 133 Å². The van der Waals surface area contributed by atoms with E-state index in [-0.39, 0.29) is 0 Å². The first-order valence-electron chi connectivity index (χ1n) is 7.93. The molecule has 0 radical (unpaired) electrons. The molecule has 1 aromatic rings. The second kappa shape index (κ2) is 8.36. The molecule has 1 aromatic carbocycles. The van der Waals surface area contributed by atoms with Crippen LogP contribution in [-0.4, -0.2) is 69.0 Å². The van der Waals surface area contributed by atoms with Crippen LogP contribution in [0.2, 0.25) is 0 Å². The lowest BCUT2D eigenvalue weighted by molar-refractivity contribution is 0.0338. The molecular formula is C17H28N2O3. The maximum atomic E-state index is 10.6. The molecule has 0 atom stereocenters. The second-order valence-corrected chi connectivity index (χ2v) is 6.09. The Morgan fingerprint density at radius 3 is 2.55 bits per heavy atom. The zero-order valence-corrected chi connectivity index (χ0v) is 14.0. The van der Waals surface area contributed by atoms with E-state index in [0.29, 0.717) is 5.75 Å². The summed E-state index contributed by atoms with van der Waals surface area (Å²) in [6, 6.07) is 3.90. The van der Waals surface area contributed by atoms with Crippen molar-refractivity contribution in [3.8, 4) is 11.5 Å². The topological polar surface area (TPSA) is 45.2 Å². The number of hydrogen-bond acceptors (Lipinski definition) is 5. The second-order valence-electron chi connectivity index (χ2n) is 6.09. The van der Waals surface area contributed by atoms with E-state index in [2.05, 4.69) is 23.9 Å². The molecule has 0 unspecified atom stereocenters. The zero-order chi connectivity index (χ0) is 15.9. The van der Waals surface area contributed by atoms with Crippen molar-refractivity contribution in [2.24, 2.45) is 0 Å². The Hall–Kier alpha value is -1.30. The smallest absolute Gasteiger partial charge is 0.123 e. The van der Waals surface area contributed by atoms with Gasteiger partial charge < -0.3 is 19.5 Å². The van der Waals surface area contributed by atoms with Gasteiger partial charge in [-0.15, -0.1) is 0 Å². The van der Waals surface area contributed by atoms with Crippen LogP contribution in [0.15, 0.2) is 12.1 Å².